The van der Waals surface area contributed by atoms with Gasteiger partial charge in [0.05, 0.1) is 89.0 Å². The second-order valence-corrected chi connectivity index (χ2v) is 23.1. The van der Waals surface area contributed by atoms with Crippen molar-refractivity contribution in [3.05, 3.63) is 108 Å². The van der Waals surface area contributed by atoms with Crippen molar-refractivity contribution in [1.29, 1.82) is 0 Å². The van der Waals surface area contributed by atoms with E-state index in [-0.39, 0.29) is 65.3 Å². The van der Waals surface area contributed by atoms with Crippen LogP contribution in [-0.2, 0) is 89.2 Å². The summed E-state index contributed by atoms with van der Waals surface area (Å²) >= 11 is 0. The van der Waals surface area contributed by atoms with Crippen LogP contribution in [0.3, 0.4) is 0 Å². The molecule has 0 aromatic heterocycles. The zero-order chi connectivity index (χ0) is 62.3. The minimum atomic E-state index is -0.618. The van der Waals surface area contributed by atoms with Crippen LogP contribution >= 0.6 is 0 Å². The van der Waals surface area contributed by atoms with E-state index in [2.05, 4.69) is 13.2 Å². The molecule has 3 aromatic rings. The summed E-state index contributed by atoms with van der Waals surface area (Å²) in [5.41, 5.74) is 2.34. The topological polar surface area (TPSA) is 263 Å². The van der Waals surface area contributed by atoms with E-state index in [0.29, 0.717) is 104 Å². The lowest BCUT2D eigenvalue weighted by Gasteiger charge is -2.27. The summed E-state index contributed by atoms with van der Waals surface area (Å²) < 4.78 is 54.3. The maximum absolute atomic E-state index is 13.5. The molecule has 5 rings (SSSR count). The number of carbonyl (C=O) groups excluding carboxylic acids is 10. The average molecular weight is 1180 g/mol. The minimum Gasteiger partial charge on any atom is -0.465 e. The highest BCUT2D eigenvalue weighted by molar-refractivity contribution is 5.83. The summed E-state index contributed by atoms with van der Waals surface area (Å²) in [4.78, 5) is 125. The summed E-state index contributed by atoms with van der Waals surface area (Å²) in [6, 6.07) is 15.4. The molecule has 3 aromatic carbocycles. The van der Waals surface area contributed by atoms with Crippen molar-refractivity contribution in [2.45, 2.75) is 138 Å². The van der Waals surface area contributed by atoms with Crippen molar-refractivity contribution in [2.75, 3.05) is 39.6 Å². The molecule has 0 amide bonds. The van der Waals surface area contributed by atoms with Crippen molar-refractivity contribution in [1.82, 2.24) is 0 Å². The Labute approximate surface area is 496 Å². The van der Waals surface area contributed by atoms with Crippen LogP contribution in [0, 0.1) is 55.3 Å². The van der Waals surface area contributed by atoms with Gasteiger partial charge >= 0.3 is 59.7 Å². The Morgan fingerprint density at radius 1 is 0.435 bits per heavy atom. The number of esters is 10. The van der Waals surface area contributed by atoms with Crippen LogP contribution in [0.4, 0.5) is 0 Å². The second-order valence-electron chi connectivity index (χ2n) is 23.1. The molecule has 2 saturated carbocycles. The predicted molar refractivity (Wildman–Crippen MR) is 307 cm³/mol. The maximum atomic E-state index is 13.5. The Balaban J connectivity index is 0.948. The van der Waals surface area contributed by atoms with Gasteiger partial charge in [0.2, 0.25) is 0 Å². The Kier molecular flexibility index (Phi) is 26.1. The predicted octanol–water partition coefficient (Wildman–Crippen LogP) is 9.58. The molecule has 0 heterocycles. The van der Waals surface area contributed by atoms with Gasteiger partial charge in [0.25, 0.3) is 0 Å². The molecule has 460 valence electrons. The van der Waals surface area contributed by atoms with Gasteiger partial charge in [0.1, 0.15) is 23.0 Å². The molecule has 0 atom stereocenters. The molecule has 0 saturated heterocycles. The van der Waals surface area contributed by atoms with Crippen LogP contribution in [0.5, 0.6) is 23.0 Å². The third kappa shape index (κ3) is 23.1. The minimum absolute atomic E-state index is 0.0000948. The highest BCUT2D eigenvalue weighted by atomic mass is 16.6. The lowest BCUT2D eigenvalue weighted by Crippen LogP contribution is -2.31. The highest BCUT2D eigenvalue weighted by Gasteiger charge is 2.35. The molecule has 20 heteroatoms. The molecule has 2 aliphatic carbocycles. The van der Waals surface area contributed by atoms with Gasteiger partial charge in [-0.25, -0.2) is 9.59 Å². The molecular weight excluding hydrogens is 1100 g/mol. The highest BCUT2D eigenvalue weighted by Crippen LogP contribution is 2.38. The van der Waals surface area contributed by atoms with E-state index in [0.717, 1.165) is 23.3 Å². The number of rotatable bonds is 30. The zero-order valence-corrected chi connectivity index (χ0v) is 49.9. The van der Waals surface area contributed by atoms with E-state index in [1.807, 2.05) is 0 Å². The van der Waals surface area contributed by atoms with Gasteiger partial charge in [0.15, 0.2) is 0 Å². The first kappa shape index (κ1) is 67.6. The number of hydrogen-bond donors (Lipinski definition) is 0. The summed E-state index contributed by atoms with van der Waals surface area (Å²) in [5, 5.41) is 0. The Bertz CT molecular complexity index is 2860. The number of carbonyl (C=O) groups is 10. The summed E-state index contributed by atoms with van der Waals surface area (Å²) in [5.74, 6) is -5.22. The lowest BCUT2D eigenvalue weighted by molar-refractivity contribution is -0.154. The van der Waals surface area contributed by atoms with Gasteiger partial charge in [0, 0.05) is 35.8 Å². The van der Waals surface area contributed by atoms with E-state index in [1.54, 1.807) is 103 Å². The summed E-state index contributed by atoms with van der Waals surface area (Å²) in [6.07, 6.45) is 5.72. The SMILES string of the molecule is C=CC(=O)OCC(C)(C)COC(=O)CCC(=O)OCCc1ccc(OC(=O)C2CCC(C(=O)Oc3cc(C)c(OC(=O)C4CCC(C(=O)Oc5ccc(CCOC(=O)CCC(=O)OCC(C)(C)COC(=O)C=C)cc5)CC4)c(C)c3C)CC2)cc1. The average Bonchev–Trinajstić information content (AvgIpc) is 3.42. The van der Waals surface area contributed by atoms with Crippen LogP contribution in [0.1, 0.15) is 133 Å². The Hall–Kier alpha value is -8.16. The van der Waals surface area contributed by atoms with Gasteiger partial charge in [-0.05, 0) is 130 Å². The Morgan fingerprint density at radius 3 is 1.11 bits per heavy atom. The van der Waals surface area contributed by atoms with Crippen LogP contribution in [0.2, 0.25) is 0 Å². The normalized spacial score (nSPS) is 16.7. The van der Waals surface area contributed by atoms with E-state index in [1.165, 1.54) is 0 Å². The summed E-state index contributed by atoms with van der Waals surface area (Å²) in [7, 11) is 0. The largest absolute Gasteiger partial charge is 0.465 e. The van der Waals surface area contributed by atoms with Crippen molar-refractivity contribution in [3.63, 3.8) is 0 Å². The molecule has 0 spiro atoms. The molecular formula is C65H80O20. The van der Waals surface area contributed by atoms with Gasteiger partial charge < -0.3 is 47.4 Å². The first-order chi connectivity index (χ1) is 40.3. The van der Waals surface area contributed by atoms with Crippen LogP contribution in [0.25, 0.3) is 0 Å². The zero-order valence-electron chi connectivity index (χ0n) is 49.9. The smallest absolute Gasteiger partial charge is 0.330 e. The number of benzene rings is 3. The van der Waals surface area contributed by atoms with Crippen molar-refractivity contribution >= 4 is 59.7 Å². The standard InChI is InChI=1S/C65H80O20/c1-10-53(66)78-37-64(6,7)39-80-57(70)30-28-55(68)76-34-32-44-12-24-50(25-13-44)82-60(72)46-16-20-48(21-17-46)62(74)84-52-36-41(3)59(43(5)42(52)4)85-63(75)49-22-18-47(19-23-49)61(73)83-51-26-14-45(15-27-51)33-35-77-56(69)29-31-58(71)81-40-65(8,9)38-79-54(67)11-2/h10-15,24-27,36,46-49H,1-2,16-23,28-35,37-40H2,3-9H3. The molecule has 0 unspecified atom stereocenters. The first-order valence-electron chi connectivity index (χ1n) is 28.7. The van der Waals surface area contributed by atoms with Gasteiger partial charge in [-0.1, -0.05) is 65.1 Å². The van der Waals surface area contributed by atoms with Crippen molar-refractivity contribution in [3.8, 4) is 23.0 Å². The summed E-state index contributed by atoms with van der Waals surface area (Å²) in [6.45, 7) is 19.3. The molecule has 20 nitrogen and oxygen atoms in total. The molecule has 2 fully saturated rings. The van der Waals surface area contributed by atoms with Crippen molar-refractivity contribution in [2.24, 2.45) is 34.5 Å². The lowest BCUT2D eigenvalue weighted by atomic mass is 9.82. The fraction of sp³-hybridized carbons (Fsp3) is 0.508. The fourth-order valence-electron chi connectivity index (χ4n) is 9.19. The van der Waals surface area contributed by atoms with E-state index >= 15 is 0 Å². The van der Waals surface area contributed by atoms with Crippen LogP contribution in [-0.4, -0.2) is 99.3 Å². The van der Waals surface area contributed by atoms with E-state index in [9.17, 15) is 47.9 Å². The van der Waals surface area contributed by atoms with Crippen molar-refractivity contribution < 1.29 is 95.3 Å². The molecule has 0 N–H and O–H groups in total. The molecule has 0 bridgehead atoms. The molecule has 0 aliphatic heterocycles. The molecule has 85 heavy (non-hydrogen) atoms. The van der Waals surface area contributed by atoms with E-state index in [4.69, 9.17) is 47.4 Å². The van der Waals surface area contributed by atoms with Gasteiger partial charge in [-0.2, -0.15) is 0 Å². The maximum Gasteiger partial charge on any atom is 0.330 e. The molecule has 2 aliphatic rings. The first-order valence-corrected chi connectivity index (χ1v) is 28.7. The van der Waals surface area contributed by atoms with Crippen LogP contribution in [0.15, 0.2) is 79.9 Å². The van der Waals surface area contributed by atoms with Gasteiger partial charge in [-0.3, -0.25) is 38.4 Å². The second kappa shape index (κ2) is 32.8. The fourth-order valence-corrected chi connectivity index (χ4v) is 9.19. The number of ether oxygens (including phenoxy) is 10. The quantitative estimate of drug-likeness (QED) is 0.0260. The Morgan fingerprint density at radius 2 is 0.753 bits per heavy atom. The monoisotopic (exact) mass is 1180 g/mol. The molecule has 0 radical (unpaired) electrons. The van der Waals surface area contributed by atoms with Gasteiger partial charge in [-0.15, -0.1) is 0 Å². The number of hydrogen-bond acceptors (Lipinski definition) is 20. The third-order valence-electron chi connectivity index (χ3n) is 14.6. The third-order valence-corrected chi connectivity index (χ3v) is 14.6. The van der Waals surface area contributed by atoms with E-state index < -0.39 is 94.2 Å². The number of aryl methyl sites for hydroxylation is 1. The van der Waals surface area contributed by atoms with Crippen LogP contribution < -0.4 is 18.9 Å².